The molecule has 0 aromatic carbocycles. The second-order valence-electron chi connectivity index (χ2n) is 4.88. The number of nitrogens with zero attached hydrogens (tertiary/aromatic N) is 4. The highest BCUT2D eigenvalue weighted by Gasteiger charge is 2.33. The molecule has 1 amide bonds. The van der Waals surface area contributed by atoms with Crippen molar-refractivity contribution in [3.63, 3.8) is 0 Å². The van der Waals surface area contributed by atoms with Gasteiger partial charge >= 0.3 is 0 Å². The van der Waals surface area contributed by atoms with Gasteiger partial charge in [0.2, 0.25) is 0 Å². The Kier molecular flexibility index (Phi) is 3.10. The number of thiazole rings is 1. The van der Waals surface area contributed by atoms with Crippen molar-refractivity contribution >= 4 is 17.2 Å². The summed E-state index contributed by atoms with van der Waals surface area (Å²) in [5.74, 6) is 0.989. The van der Waals surface area contributed by atoms with E-state index in [0.29, 0.717) is 5.69 Å². The van der Waals surface area contributed by atoms with Crippen LogP contribution in [0.2, 0.25) is 0 Å². The van der Waals surface area contributed by atoms with E-state index < -0.39 is 0 Å². The highest BCUT2D eigenvalue weighted by atomic mass is 32.1. The fraction of sp³-hybridized carbons (Fsp3) is 0.462. The molecule has 1 aliphatic rings. The number of hydrogen-bond donors (Lipinski definition) is 0. The second kappa shape index (κ2) is 4.77. The van der Waals surface area contributed by atoms with Gasteiger partial charge in [0.05, 0.1) is 17.2 Å². The van der Waals surface area contributed by atoms with Crippen LogP contribution in [0.5, 0.6) is 0 Å². The maximum Gasteiger partial charge on any atom is 0.273 e. The van der Waals surface area contributed by atoms with Crippen molar-refractivity contribution in [2.24, 2.45) is 7.05 Å². The third-order valence-electron chi connectivity index (χ3n) is 3.50. The van der Waals surface area contributed by atoms with E-state index >= 15 is 0 Å². The van der Waals surface area contributed by atoms with Crippen LogP contribution >= 0.6 is 11.3 Å². The van der Waals surface area contributed by atoms with Crippen LogP contribution in [0.15, 0.2) is 17.1 Å². The number of rotatable bonds is 2. The van der Waals surface area contributed by atoms with Gasteiger partial charge < -0.3 is 9.47 Å². The minimum Gasteiger partial charge on any atom is -0.336 e. The predicted molar refractivity (Wildman–Crippen MR) is 73.1 cm³/mol. The van der Waals surface area contributed by atoms with Crippen molar-refractivity contribution < 1.29 is 4.79 Å². The Balaban J connectivity index is 1.90. The highest BCUT2D eigenvalue weighted by molar-refractivity contribution is 7.07. The zero-order chi connectivity index (χ0) is 13.4. The monoisotopic (exact) mass is 276 g/mol. The lowest BCUT2D eigenvalue weighted by Crippen LogP contribution is -2.32. The molecule has 1 atom stereocenters. The topological polar surface area (TPSA) is 51.0 Å². The Hall–Kier alpha value is -1.69. The molecule has 0 spiro atoms. The van der Waals surface area contributed by atoms with Crippen molar-refractivity contribution in [1.29, 1.82) is 0 Å². The molecule has 100 valence electrons. The number of carbonyl (C=O) groups is 1. The molecule has 0 bridgehead atoms. The number of amides is 1. The van der Waals surface area contributed by atoms with Crippen LogP contribution in [0.1, 0.15) is 40.9 Å². The van der Waals surface area contributed by atoms with Gasteiger partial charge in [0.25, 0.3) is 5.91 Å². The smallest absolute Gasteiger partial charge is 0.273 e. The summed E-state index contributed by atoms with van der Waals surface area (Å²) in [7, 11) is 1.99. The largest absolute Gasteiger partial charge is 0.336 e. The minimum atomic E-state index is 0.0180. The van der Waals surface area contributed by atoms with Crippen LogP contribution in [0, 0.1) is 6.92 Å². The predicted octanol–water partition coefficient (Wildman–Crippen LogP) is 2.16. The fourth-order valence-corrected chi connectivity index (χ4v) is 3.21. The summed E-state index contributed by atoms with van der Waals surface area (Å²) in [6, 6.07) is 0.0768. The quantitative estimate of drug-likeness (QED) is 0.844. The zero-order valence-corrected chi connectivity index (χ0v) is 11.9. The third-order valence-corrected chi connectivity index (χ3v) is 4.08. The molecule has 6 heteroatoms. The second-order valence-corrected chi connectivity index (χ2v) is 5.60. The number of carbonyl (C=O) groups excluding carboxylic acids is 1. The maximum atomic E-state index is 12.4. The van der Waals surface area contributed by atoms with Gasteiger partial charge in [0.1, 0.15) is 11.5 Å². The summed E-state index contributed by atoms with van der Waals surface area (Å²) in [5, 5.41) is 1.81. The van der Waals surface area contributed by atoms with E-state index in [4.69, 9.17) is 0 Å². The first-order chi connectivity index (χ1) is 9.16. The lowest BCUT2D eigenvalue weighted by atomic mass is 10.2. The Bertz CT molecular complexity index is 590. The van der Waals surface area contributed by atoms with E-state index in [1.54, 1.807) is 10.9 Å². The number of hydrogen-bond acceptors (Lipinski definition) is 4. The number of likely N-dealkylation sites (tertiary alicyclic amines) is 1. The van der Waals surface area contributed by atoms with Gasteiger partial charge in [0, 0.05) is 25.2 Å². The van der Waals surface area contributed by atoms with E-state index in [9.17, 15) is 4.79 Å². The van der Waals surface area contributed by atoms with E-state index in [1.165, 1.54) is 11.3 Å². The molecule has 1 saturated heterocycles. The van der Waals surface area contributed by atoms with E-state index in [-0.39, 0.29) is 11.9 Å². The molecule has 0 radical (unpaired) electrons. The summed E-state index contributed by atoms with van der Waals surface area (Å²) in [5.41, 5.74) is 3.23. The van der Waals surface area contributed by atoms with Gasteiger partial charge in [-0.25, -0.2) is 9.97 Å². The summed E-state index contributed by atoms with van der Waals surface area (Å²) >= 11 is 1.45. The van der Waals surface area contributed by atoms with Gasteiger partial charge in [-0.1, -0.05) is 0 Å². The number of aromatic nitrogens is 3. The Morgan fingerprint density at radius 2 is 2.37 bits per heavy atom. The molecule has 3 heterocycles. The SMILES string of the molecule is Cc1cn(C)c([C@@H]2CCCN2C(=O)c2cscn2)n1. The molecular formula is C13H16N4OS. The average molecular weight is 276 g/mol. The molecular weight excluding hydrogens is 260 g/mol. The summed E-state index contributed by atoms with van der Waals surface area (Å²) < 4.78 is 2.02. The Morgan fingerprint density at radius 1 is 1.53 bits per heavy atom. The first-order valence-electron chi connectivity index (χ1n) is 6.36. The van der Waals surface area contributed by atoms with E-state index in [0.717, 1.165) is 30.9 Å². The van der Waals surface area contributed by atoms with Crippen molar-refractivity contribution in [2.75, 3.05) is 6.54 Å². The Morgan fingerprint density at radius 3 is 3.00 bits per heavy atom. The van der Waals surface area contributed by atoms with E-state index in [2.05, 4.69) is 9.97 Å². The lowest BCUT2D eigenvalue weighted by Gasteiger charge is -2.23. The van der Waals surface area contributed by atoms with Crippen LogP contribution in [0.4, 0.5) is 0 Å². The standard InChI is InChI=1S/C13H16N4OS/c1-9-6-16(2)12(15-9)11-4-3-5-17(11)13(18)10-7-19-8-14-10/h6-8,11H,3-5H2,1-2H3/t11-/m0/s1. The molecule has 0 N–H and O–H groups in total. The van der Waals surface area contributed by atoms with Crippen LogP contribution in [0.25, 0.3) is 0 Å². The first-order valence-corrected chi connectivity index (χ1v) is 7.30. The van der Waals surface area contributed by atoms with Crippen LogP contribution in [0.3, 0.4) is 0 Å². The minimum absolute atomic E-state index is 0.0180. The van der Waals surface area contributed by atoms with E-state index in [1.807, 2.05) is 29.6 Å². The highest BCUT2D eigenvalue weighted by Crippen LogP contribution is 2.32. The molecule has 0 unspecified atom stereocenters. The fourth-order valence-electron chi connectivity index (χ4n) is 2.69. The van der Waals surface area contributed by atoms with Gasteiger partial charge in [-0.15, -0.1) is 11.3 Å². The molecule has 1 aliphatic heterocycles. The molecule has 1 fully saturated rings. The molecule has 19 heavy (non-hydrogen) atoms. The van der Waals surface area contributed by atoms with Crippen molar-refractivity contribution in [2.45, 2.75) is 25.8 Å². The third kappa shape index (κ3) is 2.16. The van der Waals surface area contributed by atoms with Gasteiger partial charge in [-0.05, 0) is 19.8 Å². The molecule has 2 aromatic heterocycles. The van der Waals surface area contributed by atoms with Gasteiger partial charge in [-0.3, -0.25) is 4.79 Å². The van der Waals surface area contributed by atoms with Crippen LogP contribution < -0.4 is 0 Å². The van der Waals surface area contributed by atoms with Gasteiger partial charge in [-0.2, -0.15) is 0 Å². The number of imidazole rings is 1. The molecule has 3 rings (SSSR count). The van der Waals surface area contributed by atoms with Crippen molar-refractivity contribution in [1.82, 2.24) is 19.4 Å². The van der Waals surface area contributed by atoms with Crippen molar-refractivity contribution in [3.8, 4) is 0 Å². The normalized spacial score (nSPS) is 19.1. The zero-order valence-electron chi connectivity index (χ0n) is 11.0. The van der Waals surface area contributed by atoms with Crippen LogP contribution in [-0.2, 0) is 7.05 Å². The maximum absolute atomic E-state index is 12.4. The average Bonchev–Trinajstić information content (AvgIpc) is 3.08. The lowest BCUT2D eigenvalue weighted by molar-refractivity contribution is 0.0723. The molecule has 0 aliphatic carbocycles. The molecule has 2 aromatic rings. The van der Waals surface area contributed by atoms with Gasteiger partial charge in [0.15, 0.2) is 0 Å². The van der Waals surface area contributed by atoms with Crippen LogP contribution in [-0.4, -0.2) is 31.9 Å². The van der Waals surface area contributed by atoms with Crippen molar-refractivity contribution in [3.05, 3.63) is 34.3 Å². The molecule has 5 nitrogen and oxygen atoms in total. The number of aryl methyl sites for hydroxylation is 2. The summed E-state index contributed by atoms with van der Waals surface area (Å²) in [4.78, 5) is 23.0. The Labute approximate surface area is 115 Å². The molecule has 0 saturated carbocycles. The first kappa shape index (κ1) is 12.3. The summed E-state index contributed by atoms with van der Waals surface area (Å²) in [6.45, 7) is 2.76. The summed E-state index contributed by atoms with van der Waals surface area (Å²) in [6.07, 6.45) is 3.99.